The quantitative estimate of drug-likeness (QED) is 0.0896. The summed E-state index contributed by atoms with van der Waals surface area (Å²) in [6.45, 7) is 0. The average Bonchev–Trinajstić information content (AvgIpc) is 3.04. The van der Waals surface area contributed by atoms with Crippen LogP contribution in [0.4, 0.5) is 37.7 Å². The molecule has 0 fully saturated rings. The third-order valence-corrected chi connectivity index (χ3v) is 8.05. The summed E-state index contributed by atoms with van der Waals surface area (Å²) >= 11 is 11.5. The molecule has 0 unspecified atom stereocenters. The second-order valence-electron chi connectivity index (χ2n) is 10.8. The van der Waals surface area contributed by atoms with E-state index in [-0.39, 0.29) is 23.0 Å². The fourth-order valence-electron chi connectivity index (χ4n) is 4.06. The minimum Gasteiger partial charge on any atom is -0.456 e. The normalized spacial score (nSPS) is 11.8. The highest BCUT2D eigenvalue weighted by Gasteiger charge is 2.32. The highest BCUT2D eigenvalue weighted by molar-refractivity contribution is 7.89. The molecule has 2 N–H and O–H groups in total. The number of halogens is 8. The number of nitrogens with zero attached hydrogens (tertiary/aromatic N) is 2. The Morgan fingerprint density at radius 3 is 1.18 bits per heavy atom. The van der Waals surface area contributed by atoms with Crippen LogP contribution in [0.5, 0.6) is 23.0 Å². The third-order valence-electron chi connectivity index (χ3n) is 6.35. The van der Waals surface area contributed by atoms with Crippen molar-refractivity contribution in [3.8, 4) is 23.0 Å². The maximum Gasteiger partial charge on any atom is 0.416 e. The molecule has 0 spiro atoms. The number of hydrogen-bond acceptors (Lipinski definition) is 12. The van der Waals surface area contributed by atoms with E-state index in [4.69, 9.17) is 32.7 Å². The number of nitro benzene ring substituents is 2. The summed E-state index contributed by atoms with van der Waals surface area (Å²) in [6, 6.07) is 10.2. The number of amides is 2. The summed E-state index contributed by atoms with van der Waals surface area (Å²) in [5, 5.41) is 21.3. The first kappa shape index (κ1) is 44.7. The fourth-order valence-corrected chi connectivity index (χ4v) is 5.39. The first-order chi connectivity index (χ1) is 25.6. The predicted octanol–water partition coefficient (Wildman–Crippen LogP) is 7.50. The Bertz CT molecular complexity index is 2280. The van der Waals surface area contributed by atoms with Crippen molar-refractivity contribution in [2.75, 3.05) is 12.5 Å². The molecule has 2 amide bonds. The van der Waals surface area contributed by atoms with Gasteiger partial charge in [0.1, 0.15) is 34.1 Å². The molecule has 0 aliphatic rings. The van der Waals surface area contributed by atoms with E-state index < -0.39 is 97.7 Å². The maximum absolute atomic E-state index is 12.7. The van der Waals surface area contributed by atoms with E-state index in [0.717, 1.165) is 48.5 Å². The van der Waals surface area contributed by atoms with Crippen LogP contribution < -0.4 is 18.9 Å². The summed E-state index contributed by atoms with van der Waals surface area (Å²) in [5.41, 5.74) is -4.69. The van der Waals surface area contributed by atoms with Crippen LogP contribution in [0.25, 0.3) is 0 Å². The van der Waals surface area contributed by atoms with Gasteiger partial charge >= 0.3 is 12.4 Å². The minimum atomic E-state index is -4.62. The van der Waals surface area contributed by atoms with Crippen molar-refractivity contribution in [1.82, 2.24) is 9.44 Å². The van der Waals surface area contributed by atoms with Crippen molar-refractivity contribution < 1.29 is 72.1 Å². The molecule has 0 atom stereocenters. The van der Waals surface area contributed by atoms with Crippen molar-refractivity contribution in [3.05, 3.63) is 125 Å². The fraction of sp³-hybridized carbons (Fsp3) is 0.133. The molecule has 4 aromatic rings. The molecule has 0 aliphatic heterocycles. The molecule has 4 aromatic carbocycles. The molecule has 0 aliphatic carbocycles. The molecule has 0 aromatic heterocycles. The van der Waals surface area contributed by atoms with Gasteiger partial charge in [-0.05, 0) is 48.5 Å². The summed E-state index contributed by atoms with van der Waals surface area (Å²) < 4.78 is 134. The zero-order valence-corrected chi connectivity index (χ0v) is 30.7. The van der Waals surface area contributed by atoms with E-state index >= 15 is 0 Å². The monoisotopic (exact) mass is 876 g/mol. The number of benzene rings is 4. The summed E-state index contributed by atoms with van der Waals surface area (Å²) in [7, 11) is -8.00. The third kappa shape index (κ3) is 12.7. The van der Waals surface area contributed by atoms with Gasteiger partial charge in [-0.15, -0.1) is 0 Å². The first-order valence-electron chi connectivity index (χ1n) is 14.3. The Morgan fingerprint density at radius 2 is 0.929 bits per heavy atom. The van der Waals surface area contributed by atoms with E-state index in [1.807, 2.05) is 0 Å². The van der Waals surface area contributed by atoms with Crippen LogP contribution in [0, 0.1) is 20.2 Å². The Morgan fingerprint density at radius 1 is 0.607 bits per heavy atom. The van der Waals surface area contributed by atoms with Gasteiger partial charge in [0.25, 0.3) is 23.2 Å². The van der Waals surface area contributed by atoms with Crippen LogP contribution in [0.15, 0.2) is 72.8 Å². The van der Waals surface area contributed by atoms with Crippen molar-refractivity contribution in [3.63, 3.8) is 0 Å². The standard InChI is InChI=1S/2C15H10ClF3N2O6S/c2*1-28(25,26)20-14(22)10-7-9(3-4-12(10)21(23)24)27-13-5-2-8(6-11(13)16)15(17,18)19/h2*2-7H,1H3,(H,20,22). The van der Waals surface area contributed by atoms with Crippen molar-refractivity contribution in [2.24, 2.45) is 0 Å². The van der Waals surface area contributed by atoms with Gasteiger partial charge in [0.15, 0.2) is 0 Å². The average molecular weight is 878 g/mol. The highest BCUT2D eigenvalue weighted by Crippen LogP contribution is 2.39. The van der Waals surface area contributed by atoms with Gasteiger partial charge in [0.2, 0.25) is 20.0 Å². The number of carbonyl (C=O) groups excluding carboxylic acids is 2. The summed E-state index contributed by atoms with van der Waals surface area (Å²) in [4.78, 5) is 44.3. The molecule has 300 valence electrons. The van der Waals surface area contributed by atoms with Crippen molar-refractivity contribution >= 4 is 66.4 Å². The van der Waals surface area contributed by atoms with Crippen molar-refractivity contribution in [1.29, 1.82) is 0 Å². The molecule has 4 rings (SSSR count). The van der Waals surface area contributed by atoms with Gasteiger partial charge in [-0.1, -0.05) is 23.2 Å². The van der Waals surface area contributed by atoms with Crippen LogP contribution in [0.3, 0.4) is 0 Å². The lowest BCUT2D eigenvalue weighted by Gasteiger charge is -2.12. The zero-order chi connectivity index (χ0) is 42.6. The number of alkyl halides is 6. The summed E-state index contributed by atoms with van der Waals surface area (Å²) in [5.74, 6) is -3.36. The van der Waals surface area contributed by atoms with Gasteiger partial charge in [-0.2, -0.15) is 26.3 Å². The Balaban J connectivity index is 0.000000300. The van der Waals surface area contributed by atoms with E-state index in [0.29, 0.717) is 36.8 Å². The molecule has 0 heterocycles. The lowest BCUT2D eigenvalue weighted by atomic mass is 10.1. The SMILES string of the molecule is CS(=O)(=O)NC(=O)c1cc(Oc2ccc(C(F)(F)F)cc2Cl)ccc1[N+](=O)[O-].CS(=O)(=O)NC(=O)c1cc(Oc2ccc(C(F)(F)F)cc2Cl)ccc1[N+](=O)[O-]. The second-order valence-corrected chi connectivity index (χ2v) is 15.1. The predicted molar refractivity (Wildman–Crippen MR) is 184 cm³/mol. The van der Waals surface area contributed by atoms with E-state index in [1.54, 1.807) is 9.44 Å². The Kier molecular flexibility index (Phi) is 13.5. The van der Waals surface area contributed by atoms with Crippen LogP contribution in [0.1, 0.15) is 31.8 Å². The van der Waals surface area contributed by atoms with Gasteiger partial charge in [0.05, 0.1) is 43.5 Å². The number of hydrogen-bond donors (Lipinski definition) is 2. The molecule has 0 radical (unpaired) electrons. The van der Waals surface area contributed by atoms with Crippen LogP contribution in [-0.4, -0.2) is 51.0 Å². The summed E-state index contributed by atoms with van der Waals surface area (Å²) in [6.07, 6.45) is -7.88. The smallest absolute Gasteiger partial charge is 0.416 e. The maximum atomic E-state index is 12.7. The molecular weight excluding hydrogens is 857 g/mol. The Hall–Kier alpha value is -5.72. The zero-order valence-electron chi connectivity index (χ0n) is 27.6. The Labute approximate surface area is 320 Å². The molecule has 0 bridgehead atoms. The lowest BCUT2D eigenvalue weighted by molar-refractivity contribution is -0.385. The van der Waals surface area contributed by atoms with Gasteiger partial charge < -0.3 is 9.47 Å². The molecule has 56 heavy (non-hydrogen) atoms. The first-order valence-corrected chi connectivity index (χ1v) is 18.8. The van der Waals surface area contributed by atoms with Gasteiger partial charge in [0, 0.05) is 24.3 Å². The van der Waals surface area contributed by atoms with Gasteiger partial charge in [-0.25, -0.2) is 26.3 Å². The highest BCUT2D eigenvalue weighted by atomic mass is 35.5. The molecule has 0 saturated carbocycles. The largest absolute Gasteiger partial charge is 0.456 e. The number of carbonyl (C=O) groups is 2. The topological polar surface area (TPSA) is 231 Å². The second kappa shape index (κ2) is 17.0. The van der Waals surface area contributed by atoms with E-state index in [9.17, 15) is 73.0 Å². The van der Waals surface area contributed by atoms with Crippen LogP contribution in [-0.2, 0) is 32.4 Å². The number of nitro groups is 2. The van der Waals surface area contributed by atoms with E-state index in [2.05, 4.69) is 0 Å². The number of nitrogens with one attached hydrogen (secondary N) is 2. The molecule has 16 nitrogen and oxygen atoms in total. The molecule has 26 heteroatoms. The molecular formula is C30H20Cl2F6N4O12S2. The minimum absolute atomic E-state index is 0.189. The number of rotatable bonds is 10. The number of ether oxygens (including phenoxy) is 2. The van der Waals surface area contributed by atoms with Crippen LogP contribution in [0.2, 0.25) is 10.0 Å². The van der Waals surface area contributed by atoms with Gasteiger partial charge in [-0.3, -0.25) is 29.8 Å². The lowest BCUT2D eigenvalue weighted by Crippen LogP contribution is -2.29. The van der Waals surface area contributed by atoms with Crippen molar-refractivity contribution in [2.45, 2.75) is 12.4 Å². The van der Waals surface area contributed by atoms with E-state index in [1.165, 1.54) is 0 Å². The molecule has 0 saturated heterocycles. The number of sulfonamides is 2. The van der Waals surface area contributed by atoms with Crippen LogP contribution >= 0.6 is 23.2 Å².